The first-order valence-corrected chi connectivity index (χ1v) is 11.1. The van der Waals surface area contributed by atoms with Crippen LogP contribution in [0.5, 0.6) is 5.75 Å². The van der Waals surface area contributed by atoms with Crippen LogP contribution in [0.15, 0.2) is 88.1 Å². The maximum atomic E-state index is 12.1. The molecule has 0 aliphatic heterocycles. The van der Waals surface area contributed by atoms with E-state index in [1.165, 1.54) is 26.3 Å². The Bertz CT molecular complexity index is 1270. The van der Waals surface area contributed by atoms with Crippen LogP contribution in [0.4, 0.5) is 11.4 Å². The number of carbonyl (C=O) groups is 3. The molecule has 36 heavy (non-hydrogen) atoms. The van der Waals surface area contributed by atoms with Gasteiger partial charge in [-0.2, -0.15) is 10.2 Å². The first kappa shape index (κ1) is 25.8. The van der Waals surface area contributed by atoms with Crippen molar-refractivity contribution in [2.24, 2.45) is 15.3 Å². The number of nitrogens with zero attached hydrogens (tertiary/aromatic N) is 3. The molecular weight excluding hydrogens is 460 g/mol. The molecule has 184 valence electrons. The summed E-state index contributed by atoms with van der Waals surface area (Å²) in [6.45, 7) is 1.34. The molecule has 0 heterocycles. The Morgan fingerprint density at radius 1 is 0.972 bits per heavy atom. The molecule has 3 rings (SSSR count). The molecule has 10 nitrogen and oxygen atoms in total. The van der Waals surface area contributed by atoms with Gasteiger partial charge < -0.3 is 15.7 Å². The Morgan fingerprint density at radius 2 is 1.69 bits per heavy atom. The summed E-state index contributed by atoms with van der Waals surface area (Å²) in [4.78, 5) is 35.5. The molecule has 0 aromatic heterocycles. The summed E-state index contributed by atoms with van der Waals surface area (Å²) in [5, 5.41) is 27.5. The number of amides is 3. The minimum Gasteiger partial charge on any atom is -0.506 e. The van der Waals surface area contributed by atoms with Gasteiger partial charge in [0.05, 0.1) is 11.9 Å². The van der Waals surface area contributed by atoms with E-state index < -0.39 is 6.04 Å². The van der Waals surface area contributed by atoms with Gasteiger partial charge in [-0.3, -0.25) is 14.4 Å². The zero-order valence-electron chi connectivity index (χ0n) is 19.8. The molecule has 0 bridgehead atoms. The van der Waals surface area contributed by atoms with Crippen molar-refractivity contribution in [2.75, 3.05) is 7.05 Å². The second-order valence-corrected chi connectivity index (χ2v) is 7.75. The maximum Gasteiger partial charge on any atom is 0.271 e. The Morgan fingerprint density at radius 3 is 2.36 bits per heavy atom. The molecule has 0 saturated carbocycles. The molecule has 3 aromatic carbocycles. The first-order valence-electron chi connectivity index (χ1n) is 11.1. The third-order valence-electron chi connectivity index (χ3n) is 5.00. The molecule has 3 aromatic rings. The quantitative estimate of drug-likeness (QED) is 0.209. The van der Waals surface area contributed by atoms with Gasteiger partial charge in [0.1, 0.15) is 17.5 Å². The number of hydrogen-bond donors (Lipinski definition) is 4. The first-order chi connectivity index (χ1) is 17.4. The lowest BCUT2D eigenvalue weighted by Crippen LogP contribution is -2.46. The minimum atomic E-state index is -0.756. The molecule has 0 aliphatic rings. The largest absolute Gasteiger partial charge is 0.506 e. The second kappa shape index (κ2) is 12.6. The average molecular weight is 487 g/mol. The molecule has 0 radical (unpaired) electrons. The van der Waals surface area contributed by atoms with Gasteiger partial charge in [0, 0.05) is 26.0 Å². The Balaban J connectivity index is 1.64. The highest BCUT2D eigenvalue weighted by Gasteiger charge is 2.19. The highest BCUT2D eigenvalue weighted by molar-refractivity contribution is 5.94. The normalized spacial score (nSPS) is 11.8. The summed E-state index contributed by atoms with van der Waals surface area (Å²) in [5.41, 5.74) is 5.16. The van der Waals surface area contributed by atoms with Crippen LogP contribution in [0.3, 0.4) is 0 Å². The van der Waals surface area contributed by atoms with E-state index in [1.807, 2.05) is 6.07 Å². The fourth-order valence-electron chi connectivity index (χ4n) is 3.20. The van der Waals surface area contributed by atoms with E-state index in [9.17, 15) is 19.5 Å². The van der Waals surface area contributed by atoms with Crippen LogP contribution in [-0.4, -0.2) is 42.1 Å². The van der Waals surface area contributed by atoms with Crippen molar-refractivity contribution in [1.29, 1.82) is 0 Å². The van der Waals surface area contributed by atoms with Gasteiger partial charge in [0.2, 0.25) is 11.8 Å². The average Bonchev–Trinajstić information content (AvgIpc) is 2.89. The Hall–Kier alpha value is -4.86. The van der Waals surface area contributed by atoms with E-state index >= 15 is 0 Å². The summed E-state index contributed by atoms with van der Waals surface area (Å²) in [6.07, 6.45) is 1.73. The lowest BCUT2D eigenvalue weighted by atomic mass is 10.0. The maximum absolute atomic E-state index is 12.1. The molecule has 0 fully saturated rings. The van der Waals surface area contributed by atoms with Gasteiger partial charge in [-0.15, -0.1) is 5.11 Å². The molecule has 1 unspecified atom stereocenters. The molecule has 3 amide bonds. The Kier molecular flexibility index (Phi) is 8.99. The summed E-state index contributed by atoms with van der Waals surface area (Å²) in [5.74, 6) is -1.03. The lowest BCUT2D eigenvalue weighted by Gasteiger charge is -2.16. The van der Waals surface area contributed by atoms with Crippen LogP contribution in [0.1, 0.15) is 28.4 Å². The number of phenols is 1. The topological polar surface area (TPSA) is 145 Å². The minimum absolute atomic E-state index is 0.0727. The second-order valence-electron chi connectivity index (χ2n) is 7.75. The van der Waals surface area contributed by atoms with E-state index in [0.29, 0.717) is 16.8 Å². The predicted octanol–water partition coefficient (Wildman–Crippen LogP) is 3.36. The highest BCUT2D eigenvalue weighted by Crippen LogP contribution is 2.29. The summed E-state index contributed by atoms with van der Waals surface area (Å²) in [6, 6.07) is 19.7. The van der Waals surface area contributed by atoms with E-state index in [1.54, 1.807) is 60.7 Å². The molecular formula is C26H26N6O4. The van der Waals surface area contributed by atoms with Crippen molar-refractivity contribution >= 4 is 35.3 Å². The van der Waals surface area contributed by atoms with Crippen LogP contribution in [0, 0.1) is 0 Å². The van der Waals surface area contributed by atoms with Crippen molar-refractivity contribution in [3.63, 3.8) is 0 Å². The number of rotatable bonds is 9. The fraction of sp³-hybridized carbons (Fsp3) is 0.154. The van der Waals surface area contributed by atoms with Gasteiger partial charge in [-0.1, -0.05) is 36.4 Å². The zero-order valence-corrected chi connectivity index (χ0v) is 19.8. The van der Waals surface area contributed by atoms with Crippen molar-refractivity contribution in [3.05, 3.63) is 89.5 Å². The number of nitrogens with one attached hydrogen (secondary N) is 3. The van der Waals surface area contributed by atoms with E-state index in [0.717, 1.165) is 5.56 Å². The number of hydrogen-bond acceptors (Lipinski definition) is 7. The SMILES string of the molecule is CNC(=O)C(Cc1ccc(O)c(N=Nc2ccc(C=NNC(=O)c3ccccc3)cc2)c1)NC(C)=O. The fourth-order valence-corrected chi connectivity index (χ4v) is 3.20. The monoisotopic (exact) mass is 486 g/mol. The lowest BCUT2D eigenvalue weighted by molar-refractivity contribution is -0.127. The number of phenolic OH excluding ortho intramolecular Hbond substituents is 1. The number of hydrazone groups is 1. The van der Waals surface area contributed by atoms with Gasteiger partial charge in [0.15, 0.2) is 0 Å². The molecule has 0 spiro atoms. The number of likely N-dealkylation sites (N-methyl/N-ethyl adjacent to an activating group) is 1. The van der Waals surface area contributed by atoms with Crippen molar-refractivity contribution < 1.29 is 19.5 Å². The summed E-state index contributed by atoms with van der Waals surface area (Å²) < 4.78 is 0. The van der Waals surface area contributed by atoms with Crippen molar-refractivity contribution in [3.8, 4) is 5.75 Å². The van der Waals surface area contributed by atoms with Crippen molar-refractivity contribution in [2.45, 2.75) is 19.4 Å². The van der Waals surface area contributed by atoms with E-state index in [-0.39, 0.29) is 35.6 Å². The van der Waals surface area contributed by atoms with Crippen LogP contribution in [-0.2, 0) is 16.0 Å². The predicted molar refractivity (Wildman–Crippen MR) is 136 cm³/mol. The highest BCUT2D eigenvalue weighted by atomic mass is 16.3. The number of aromatic hydroxyl groups is 1. The zero-order chi connectivity index (χ0) is 25.9. The van der Waals surface area contributed by atoms with Crippen LogP contribution >= 0.6 is 0 Å². The molecule has 10 heteroatoms. The molecule has 0 aliphatic carbocycles. The Labute approximate surface area is 208 Å². The van der Waals surface area contributed by atoms with Crippen LogP contribution in [0.2, 0.25) is 0 Å². The molecule has 4 N–H and O–H groups in total. The van der Waals surface area contributed by atoms with Gasteiger partial charge in [-0.05, 0) is 47.5 Å². The van der Waals surface area contributed by atoms with Crippen molar-refractivity contribution in [1.82, 2.24) is 16.1 Å². The third kappa shape index (κ3) is 7.59. The molecule has 1 atom stereocenters. The number of carbonyl (C=O) groups excluding carboxylic acids is 3. The smallest absolute Gasteiger partial charge is 0.271 e. The third-order valence-corrected chi connectivity index (χ3v) is 5.00. The standard InChI is InChI=1S/C26H26N6O4/c1-17(33)29-23(26(36)27-2)15-19-10-13-24(34)22(14-19)31-30-21-11-8-18(9-12-21)16-28-32-25(35)20-6-4-3-5-7-20/h3-14,16,23,34H,15H2,1-2H3,(H,27,36)(H,29,33)(H,32,35). The van der Waals surface area contributed by atoms with Gasteiger partial charge >= 0.3 is 0 Å². The van der Waals surface area contributed by atoms with E-state index in [4.69, 9.17) is 0 Å². The van der Waals surface area contributed by atoms with Gasteiger partial charge in [0.25, 0.3) is 5.91 Å². The number of azo groups is 1. The molecule has 0 saturated heterocycles. The summed E-state index contributed by atoms with van der Waals surface area (Å²) >= 11 is 0. The van der Waals surface area contributed by atoms with Gasteiger partial charge in [-0.25, -0.2) is 5.43 Å². The van der Waals surface area contributed by atoms with E-state index in [2.05, 4.69) is 31.4 Å². The van der Waals surface area contributed by atoms with Crippen LogP contribution < -0.4 is 16.1 Å². The van der Waals surface area contributed by atoms with Crippen LogP contribution in [0.25, 0.3) is 0 Å². The summed E-state index contributed by atoms with van der Waals surface area (Å²) in [7, 11) is 1.49. The number of benzene rings is 3.